The number of benzene rings is 1. The molecule has 7 nitrogen and oxygen atoms in total. The van der Waals surface area contributed by atoms with Crippen molar-refractivity contribution < 1.29 is 8.42 Å². The smallest absolute Gasteiger partial charge is 0.232 e. The summed E-state index contributed by atoms with van der Waals surface area (Å²) in [6.07, 6.45) is 0. The van der Waals surface area contributed by atoms with Crippen LogP contribution in [0.5, 0.6) is 0 Å². The molecule has 0 aliphatic rings. The number of aryl methyl sites for hydroxylation is 1. The van der Waals surface area contributed by atoms with Crippen molar-refractivity contribution in [3.8, 4) is 11.4 Å². The Balaban J connectivity index is 2.35. The molecule has 1 N–H and O–H groups in total. The van der Waals surface area contributed by atoms with E-state index in [9.17, 15) is 8.42 Å². The van der Waals surface area contributed by atoms with Gasteiger partial charge in [0, 0.05) is 18.3 Å². The maximum absolute atomic E-state index is 11.5. The number of sulfonamides is 1. The van der Waals surface area contributed by atoms with Gasteiger partial charge < -0.3 is 0 Å². The molecule has 2 rings (SSSR count). The molecule has 0 saturated carbocycles. The summed E-state index contributed by atoms with van der Waals surface area (Å²) in [6, 6.07) is 6.94. The second-order valence-corrected chi connectivity index (χ2v) is 5.72. The number of tetrazole rings is 1. The van der Waals surface area contributed by atoms with E-state index in [0.717, 1.165) is 5.56 Å². The van der Waals surface area contributed by atoms with Crippen molar-refractivity contribution in [1.82, 2.24) is 20.2 Å². The summed E-state index contributed by atoms with van der Waals surface area (Å²) in [4.78, 5) is 0. The van der Waals surface area contributed by atoms with E-state index >= 15 is 0 Å². The maximum atomic E-state index is 11.5. The number of hydrogen-bond acceptors (Lipinski definition) is 5. The van der Waals surface area contributed by atoms with Crippen LogP contribution in [0.4, 0.5) is 5.69 Å². The zero-order chi connectivity index (χ0) is 13.2. The van der Waals surface area contributed by atoms with Crippen LogP contribution in [0.1, 0.15) is 6.92 Å². The molecule has 1 aromatic carbocycles. The highest BCUT2D eigenvalue weighted by Crippen LogP contribution is 2.20. The van der Waals surface area contributed by atoms with Gasteiger partial charge in [-0.3, -0.25) is 4.72 Å². The zero-order valence-corrected chi connectivity index (χ0v) is 10.8. The van der Waals surface area contributed by atoms with Crippen molar-refractivity contribution in [2.24, 2.45) is 7.05 Å². The van der Waals surface area contributed by atoms with E-state index in [-0.39, 0.29) is 5.75 Å². The van der Waals surface area contributed by atoms with Crippen LogP contribution in [0.15, 0.2) is 24.3 Å². The third-order valence-electron chi connectivity index (χ3n) is 2.39. The first-order valence-electron chi connectivity index (χ1n) is 5.35. The Morgan fingerprint density at radius 1 is 1.39 bits per heavy atom. The SMILES string of the molecule is CCS(=O)(=O)Nc1cccc(-c2nnnn2C)c1. The Labute approximate surface area is 105 Å². The van der Waals surface area contributed by atoms with Crippen molar-refractivity contribution in [1.29, 1.82) is 0 Å². The Bertz CT molecular complexity index is 650. The molecule has 0 fully saturated rings. The minimum atomic E-state index is -3.28. The Morgan fingerprint density at radius 3 is 2.78 bits per heavy atom. The fourth-order valence-electron chi connectivity index (χ4n) is 1.45. The molecule has 0 amide bonds. The molecule has 0 spiro atoms. The van der Waals surface area contributed by atoms with Gasteiger partial charge in [-0.2, -0.15) is 0 Å². The molecule has 18 heavy (non-hydrogen) atoms. The Hall–Kier alpha value is -1.96. The lowest BCUT2D eigenvalue weighted by Crippen LogP contribution is -2.14. The fraction of sp³-hybridized carbons (Fsp3) is 0.300. The molecular weight excluding hydrogens is 254 g/mol. The molecule has 96 valence electrons. The predicted molar refractivity (Wildman–Crippen MR) is 67.3 cm³/mol. The monoisotopic (exact) mass is 267 g/mol. The van der Waals surface area contributed by atoms with E-state index < -0.39 is 10.0 Å². The molecule has 8 heteroatoms. The van der Waals surface area contributed by atoms with E-state index in [2.05, 4.69) is 20.2 Å². The molecular formula is C10H13N5O2S. The summed E-state index contributed by atoms with van der Waals surface area (Å²) in [5.74, 6) is 0.607. The number of nitrogens with one attached hydrogen (secondary N) is 1. The average molecular weight is 267 g/mol. The van der Waals surface area contributed by atoms with Crippen LogP contribution in [0.25, 0.3) is 11.4 Å². The standard InChI is InChI=1S/C10H13N5O2S/c1-3-18(16,17)12-9-6-4-5-8(7-9)10-11-13-14-15(10)2/h4-7,12H,3H2,1-2H3. The van der Waals surface area contributed by atoms with Crippen molar-refractivity contribution in [3.63, 3.8) is 0 Å². The molecule has 0 bridgehead atoms. The topological polar surface area (TPSA) is 89.8 Å². The van der Waals surface area contributed by atoms with Gasteiger partial charge in [-0.05, 0) is 29.5 Å². The van der Waals surface area contributed by atoms with Crippen molar-refractivity contribution in [2.75, 3.05) is 10.5 Å². The highest BCUT2D eigenvalue weighted by Gasteiger charge is 2.09. The van der Waals surface area contributed by atoms with Crippen LogP contribution in [0.2, 0.25) is 0 Å². The number of rotatable bonds is 4. The van der Waals surface area contributed by atoms with Crippen LogP contribution < -0.4 is 4.72 Å². The lowest BCUT2D eigenvalue weighted by molar-refractivity contribution is 0.602. The van der Waals surface area contributed by atoms with E-state index in [1.54, 1.807) is 32.2 Å². The molecule has 1 heterocycles. The summed E-state index contributed by atoms with van der Waals surface area (Å²) in [6.45, 7) is 1.58. The molecule has 1 aromatic heterocycles. The normalized spacial score (nSPS) is 11.4. The first-order chi connectivity index (χ1) is 8.52. The largest absolute Gasteiger partial charge is 0.284 e. The van der Waals surface area contributed by atoms with Gasteiger partial charge in [0.15, 0.2) is 5.82 Å². The van der Waals surface area contributed by atoms with E-state index in [1.165, 1.54) is 4.68 Å². The molecule has 0 unspecified atom stereocenters. The second-order valence-electron chi connectivity index (χ2n) is 3.71. The summed E-state index contributed by atoms with van der Waals surface area (Å²) in [7, 11) is -1.56. The lowest BCUT2D eigenvalue weighted by atomic mass is 10.2. The predicted octanol–water partition coefficient (Wildman–Crippen LogP) is 0.639. The number of hydrogen-bond donors (Lipinski definition) is 1. The van der Waals surface area contributed by atoms with E-state index in [0.29, 0.717) is 11.5 Å². The molecule has 2 aromatic rings. The first-order valence-corrected chi connectivity index (χ1v) is 7.00. The highest BCUT2D eigenvalue weighted by atomic mass is 32.2. The number of anilines is 1. The van der Waals surface area contributed by atoms with Gasteiger partial charge in [0.2, 0.25) is 10.0 Å². The van der Waals surface area contributed by atoms with Gasteiger partial charge in [-0.25, -0.2) is 13.1 Å². The van der Waals surface area contributed by atoms with E-state index in [4.69, 9.17) is 0 Å². The quantitative estimate of drug-likeness (QED) is 0.878. The van der Waals surface area contributed by atoms with Crippen molar-refractivity contribution in [3.05, 3.63) is 24.3 Å². The van der Waals surface area contributed by atoms with Crippen LogP contribution in [0, 0.1) is 0 Å². The highest BCUT2D eigenvalue weighted by molar-refractivity contribution is 7.92. The summed E-state index contributed by atoms with van der Waals surface area (Å²) >= 11 is 0. The molecule has 0 saturated heterocycles. The van der Waals surface area contributed by atoms with E-state index in [1.807, 2.05) is 6.07 Å². The number of aromatic nitrogens is 4. The summed E-state index contributed by atoms with van der Waals surface area (Å²) < 4.78 is 27.0. The third kappa shape index (κ3) is 2.65. The fourth-order valence-corrected chi connectivity index (χ4v) is 2.08. The zero-order valence-electron chi connectivity index (χ0n) is 10.0. The second kappa shape index (κ2) is 4.73. The van der Waals surface area contributed by atoms with Crippen LogP contribution in [0.3, 0.4) is 0 Å². The van der Waals surface area contributed by atoms with Crippen molar-refractivity contribution >= 4 is 15.7 Å². The third-order valence-corrected chi connectivity index (χ3v) is 3.70. The summed E-state index contributed by atoms with van der Waals surface area (Å²) in [5, 5.41) is 11.1. The first kappa shape index (κ1) is 12.5. The minimum Gasteiger partial charge on any atom is -0.284 e. The summed E-state index contributed by atoms with van der Waals surface area (Å²) in [5.41, 5.74) is 1.25. The lowest BCUT2D eigenvalue weighted by Gasteiger charge is -2.07. The van der Waals surface area contributed by atoms with Gasteiger partial charge in [-0.15, -0.1) is 5.10 Å². The average Bonchev–Trinajstić information content (AvgIpc) is 2.75. The van der Waals surface area contributed by atoms with Gasteiger partial charge >= 0.3 is 0 Å². The van der Waals surface area contributed by atoms with Crippen molar-refractivity contribution in [2.45, 2.75) is 6.92 Å². The van der Waals surface area contributed by atoms with Gasteiger partial charge in [0.25, 0.3) is 0 Å². The van der Waals surface area contributed by atoms with Crippen LogP contribution >= 0.6 is 0 Å². The van der Waals surface area contributed by atoms with Gasteiger partial charge in [0.05, 0.1) is 5.75 Å². The number of nitrogens with zero attached hydrogens (tertiary/aromatic N) is 4. The minimum absolute atomic E-state index is 0.0305. The molecule has 0 atom stereocenters. The van der Waals surface area contributed by atoms with Crippen LogP contribution in [-0.4, -0.2) is 34.4 Å². The Morgan fingerprint density at radius 2 is 2.17 bits per heavy atom. The molecule has 0 aliphatic carbocycles. The van der Waals surface area contributed by atoms with Gasteiger partial charge in [0.1, 0.15) is 0 Å². The molecule has 0 radical (unpaired) electrons. The molecule has 0 aliphatic heterocycles. The van der Waals surface area contributed by atoms with Crippen LogP contribution in [-0.2, 0) is 17.1 Å². The van der Waals surface area contributed by atoms with Gasteiger partial charge in [-0.1, -0.05) is 12.1 Å². The maximum Gasteiger partial charge on any atom is 0.232 e. The Kier molecular flexibility index (Phi) is 3.28.